The second-order valence-corrected chi connectivity index (χ2v) is 6.65. The van der Waals surface area contributed by atoms with E-state index in [0.29, 0.717) is 5.39 Å². The highest BCUT2D eigenvalue weighted by Gasteiger charge is 2.17. The molecule has 1 aromatic heterocycles. The Kier molecular flexibility index (Phi) is 4.35. The van der Waals surface area contributed by atoms with Crippen LogP contribution < -0.4 is 11.3 Å². The predicted octanol–water partition coefficient (Wildman–Crippen LogP) is 4.55. The lowest BCUT2D eigenvalue weighted by Crippen LogP contribution is -2.29. The SMILES string of the molecule is NNC(Cc1sccc1Br)c1ccc(F)c2ccccc12. The molecule has 0 saturated heterocycles. The van der Waals surface area contributed by atoms with Crippen LogP contribution in [-0.4, -0.2) is 0 Å². The van der Waals surface area contributed by atoms with E-state index in [1.807, 2.05) is 35.7 Å². The van der Waals surface area contributed by atoms with Crippen LogP contribution in [0.3, 0.4) is 0 Å². The van der Waals surface area contributed by atoms with E-state index in [1.165, 1.54) is 10.9 Å². The van der Waals surface area contributed by atoms with Crippen molar-refractivity contribution in [3.8, 4) is 0 Å². The highest BCUT2D eigenvalue weighted by Crippen LogP contribution is 2.31. The van der Waals surface area contributed by atoms with E-state index in [4.69, 9.17) is 5.84 Å². The molecule has 21 heavy (non-hydrogen) atoms. The number of benzene rings is 2. The van der Waals surface area contributed by atoms with E-state index >= 15 is 0 Å². The van der Waals surface area contributed by atoms with E-state index in [-0.39, 0.29) is 11.9 Å². The molecule has 3 aromatic rings. The second kappa shape index (κ2) is 6.23. The highest BCUT2D eigenvalue weighted by molar-refractivity contribution is 9.10. The van der Waals surface area contributed by atoms with Gasteiger partial charge in [0, 0.05) is 21.2 Å². The fraction of sp³-hybridized carbons (Fsp3) is 0.125. The maximum Gasteiger partial charge on any atom is 0.131 e. The van der Waals surface area contributed by atoms with Crippen molar-refractivity contribution >= 4 is 38.0 Å². The first kappa shape index (κ1) is 14.7. The van der Waals surface area contributed by atoms with E-state index in [9.17, 15) is 4.39 Å². The van der Waals surface area contributed by atoms with Gasteiger partial charge in [0.15, 0.2) is 0 Å². The number of hydrogen-bond donors (Lipinski definition) is 2. The first-order valence-corrected chi connectivity index (χ1v) is 8.23. The smallest absolute Gasteiger partial charge is 0.131 e. The molecule has 0 aliphatic heterocycles. The normalized spacial score (nSPS) is 12.7. The number of rotatable bonds is 4. The predicted molar refractivity (Wildman–Crippen MR) is 89.7 cm³/mol. The first-order valence-electron chi connectivity index (χ1n) is 6.56. The van der Waals surface area contributed by atoms with Crippen molar-refractivity contribution in [3.05, 3.63) is 68.6 Å². The van der Waals surface area contributed by atoms with Gasteiger partial charge >= 0.3 is 0 Å². The summed E-state index contributed by atoms with van der Waals surface area (Å²) < 4.78 is 15.0. The van der Waals surface area contributed by atoms with Crippen LogP contribution in [0.15, 0.2) is 52.3 Å². The lowest BCUT2D eigenvalue weighted by Gasteiger charge is -2.18. The number of fused-ring (bicyclic) bond motifs is 1. The molecule has 5 heteroatoms. The maximum absolute atomic E-state index is 13.9. The van der Waals surface area contributed by atoms with Crippen LogP contribution in [0, 0.1) is 5.82 Å². The number of nitrogens with one attached hydrogen (secondary N) is 1. The summed E-state index contributed by atoms with van der Waals surface area (Å²) >= 11 is 5.22. The summed E-state index contributed by atoms with van der Waals surface area (Å²) in [6.45, 7) is 0. The highest BCUT2D eigenvalue weighted by atomic mass is 79.9. The van der Waals surface area contributed by atoms with Crippen molar-refractivity contribution in [2.75, 3.05) is 0 Å². The van der Waals surface area contributed by atoms with Crippen molar-refractivity contribution in [2.24, 2.45) is 5.84 Å². The maximum atomic E-state index is 13.9. The third kappa shape index (κ3) is 2.87. The first-order chi connectivity index (χ1) is 10.2. The Hall–Kier alpha value is -1.27. The van der Waals surface area contributed by atoms with Gasteiger partial charge in [-0.15, -0.1) is 11.3 Å². The second-order valence-electron chi connectivity index (χ2n) is 4.80. The van der Waals surface area contributed by atoms with Crippen molar-refractivity contribution < 1.29 is 4.39 Å². The minimum absolute atomic E-state index is 0.0644. The van der Waals surface area contributed by atoms with Gasteiger partial charge in [0.25, 0.3) is 0 Å². The average Bonchev–Trinajstić information content (AvgIpc) is 2.91. The van der Waals surface area contributed by atoms with Gasteiger partial charge in [-0.25, -0.2) is 4.39 Å². The fourth-order valence-corrected chi connectivity index (χ4v) is 4.07. The summed E-state index contributed by atoms with van der Waals surface area (Å²) in [6, 6.07) is 12.8. The molecule has 0 bridgehead atoms. The third-order valence-corrected chi connectivity index (χ3v) is 5.51. The molecule has 2 nitrogen and oxygen atoms in total. The topological polar surface area (TPSA) is 38.0 Å². The van der Waals surface area contributed by atoms with Crippen LogP contribution in [-0.2, 0) is 6.42 Å². The summed E-state index contributed by atoms with van der Waals surface area (Å²) in [4.78, 5) is 1.21. The molecule has 3 rings (SSSR count). The molecule has 0 radical (unpaired) electrons. The van der Waals surface area contributed by atoms with Crippen molar-refractivity contribution in [3.63, 3.8) is 0 Å². The van der Waals surface area contributed by atoms with Crippen LogP contribution in [0.2, 0.25) is 0 Å². The van der Waals surface area contributed by atoms with Crippen molar-refractivity contribution in [1.82, 2.24) is 5.43 Å². The molecule has 0 spiro atoms. The number of halogens is 2. The molecular formula is C16H14BrFN2S. The Balaban J connectivity index is 2.05. The lowest BCUT2D eigenvalue weighted by atomic mass is 9.96. The van der Waals surface area contributed by atoms with Gasteiger partial charge in [-0.3, -0.25) is 11.3 Å². The Labute approximate surface area is 134 Å². The van der Waals surface area contributed by atoms with E-state index < -0.39 is 0 Å². The summed E-state index contributed by atoms with van der Waals surface area (Å²) in [5.74, 6) is 5.54. The largest absolute Gasteiger partial charge is 0.271 e. The zero-order valence-electron chi connectivity index (χ0n) is 11.1. The summed E-state index contributed by atoms with van der Waals surface area (Å²) in [5.41, 5.74) is 3.87. The van der Waals surface area contributed by atoms with Gasteiger partial charge < -0.3 is 0 Å². The zero-order valence-corrected chi connectivity index (χ0v) is 13.5. The number of thiophene rings is 1. The summed E-state index contributed by atoms with van der Waals surface area (Å²) in [5, 5.41) is 3.56. The molecule has 1 atom stereocenters. The van der Waals surface area contributed by atoms with E-state index in [1.54, 1.807) is 17.4 Å². The summed E-state index contributed by atoms with van der Waals surface area (Å²) in [7, 11) is 0. The Morgan fingerprint density at radius 1 is 1.14 bits per heavy atom. The van der Waals surface area contributed by atoms with Gasteiger partial charge in [-0.1, -0.05) is 30.3 Å². The van der Waals surface area contributed by atoms with Gasteiger partial charge in [0.1, 0.15) is 5.82 Å². The lowest BCUT2D eigenvalue weighted by molar-refractivity contribution is 0.557. The standard InChI is InChI=1S/C16H14BrFN2S/c17-13-7-8-21-16(13)9-15(20-19)12-5-6-14(18)11-4-2-1-3-10(11)12/h1-8,15,20H,9,19H2. The third-order valence-electron chi connectivity index (χ3n) is 3.56. The van der Waals surface area contributed by atoms with Crippen molar-refractivity contribution in [1.29, 1.82) is 0 Å². The molecule has 0 amide bonds. The Bertz CT molecular complexity index is 772. The number of hydrazine groups is 1. The molecule has 0 saturated carbocycles. The van der Waals surface area contributed by atoms with Crippen LogP contribution in [0.5, 0.6) is 0 Å². The Morgan fingerprint density at radius 3 is 2.57 bits per heavy atom. The van der Waals surface area contributed by atoms with Gasteiger partial charge in [0.05, 0.1) is 6.04 Å². The van der Waals surface area contributed by atoms with Gasteiger partial charge in [-0.2, -0.15) is 0 Å². The average molecular weight is 365 g/mol. The van der Waals surface area contributed by atoms with E-state index in [2.05, 4.69) is 21.4 Å². The van der Waals surface area contributed by atoms with Crippen LogP contribution in [0.1, 0.15) is 16.5 Å². The molecule has 108 valence electrons. The Morgan fingerprint density at radius 2 is 1.90 bits per heavy atom. The molecule has 0 aliphatic carbocycles. The number of nitrogens with two attached hydrogens (primary N) is 1. The van der Waals surface area contributed by atoms with Crippen molar-refractivity contribution in [2.45, 2.75) is 12.5 Å². The van der Waals surface area contributed by atoms with Crippen LogP contribution in [0.4, 0.5) is 4.39 Å². The van der Waals surface area contributed by atoms with Gasteiger partial charge in [-0.05, 0) is 44.4 Å². The fourth-order valence-electron chi connectivity index (χ4n) is 2.50. The molecular weight excluding hydrogens is 351 g/mol. The van der Waals surface area contributed by atoms with Crippen LogP contribution in [0.25, 0.3) is 10.8 Å². The molecule has 2 aromatic carbocycles. The molecule has 3 N–H and O–H groups in total. The quantitative estimate of drug-likeness (QED) is 0.526. The van der Waals surface area contributed by atoms with Gasteiger partial charge in [0.2, 0.25) is 0 Å². The minimum Gasteiger partial charge on any atom is -0.271 e. The zero-order chi connectivity index (χ0) is 14.8. The monoisotopic (exact) mass is 364 g/mol. The molecule has 1 unspecified atom stereocenters. The minimum atomic E-state index is -0.206. The van der Waals surface area contributed by atoms with Crippen LogP contribution >= 0.6 is 27.3 Å². The molecule has 0 fully saturated rings. The molecule has 1 heterocycles. The summed E-state index contributed by atoms with van der Waals surface area (Å²) in [6.07, 6.45) is 0.754. The molecule has 0 aliphatic rings. The van der Waals surface area contributed by atoms with E-state index in [0.717, 1.165) is 21.8 Å². The number of hydrogen-bond acceptors (Lipinski definition) is 3.